The first kappa shape index (κ1) is 54.2. The van der Waals surface area contributed by atoms with Gasteiger partial charge in [-0.2, -0.15) is 0 Å². The topological polar surface area (TPSA) is 95.5 Å². The van der Waals surface area contributed by atoms with Crippen LogP contribution in [0.5, 0.6) is 0 Å². The van der Waals surface area contributed by atoms with E-state index in [1.54, 1.807) is 0 Å². The zero-order valence-corrected chi connectivity index (χ0v) is 46.7. The number of carboxylic acids is 1. The van der Waals surface area contributed by atoms with Crippen molar-refractivity contribution in [1.82, 2.24) is 0 Å². The Morgan fingerprint density at radius 1 is 0.492 bits per heavy atom. The maximum atomic E-state index is 8.89. The van der Waals surface area contributed by atoms with E-state index in [-0.39, 0.29) is 103 Å². The molecule has 3 fully saturated rings. The predicted octanol–water partition coefficient (Wildman–Crippen LogP) is 7.56. The molecule has 13 heteroatoms. The summed E-state index contributed by atoms with van der Waals surface area (Å²) in [4.78, 5) is 8.89. The first-order valence-electron chi connectivity index (χ1n) is 22.6. The number of aliphatic carboxylic acids is 1. The van der Waals surface area contributed by atoms with Gasteiger partial charge in [0, 0.05) is 21.8 Å². The first-order valence-corrected chi connectivity index (χ1v) is 23.0. The van der Waals surface area contributed by atoms with E-state index >= 15 is 0 Å². The Morgan fingerprint density at radius 3 is 1.17 bits per heavy atom. The van der Waals surface area contributed by atoms with Crippen LogP contribution in [0.1, 0.15) is 151 Å². The van der Waals surface area contributed by atoms with Crippen molar-refractivity contribution in [2.75, 3.05) is 0 Å². The summed E-state index contributed by atoms with van der Waals surface area (Å²) >= 11 is 6.20. The fraction of sp³-hybridized carbons (Fsp3) is 0.519. The van der Waals surface area contributed by atoms with Gasteiger partial charge in [0.2, 0.25) is 0 Å². The fourth-order valence-electron chi connectivity index (χ4n) is 9.16. The fourth-order valence-corrected chi connectivity index (χ4v) is 9.43. The van der Waals surface area contributed by atoms with Crippen LogP contribution in [0.25, 0.3) is 22.3 Å². The number of hydrogen-bond acceptors (Lipinski definition) is 8. The molecule has 0 amide bonds. The minimum Gasteiger partial charge on any atom is -0.550 e. The van der Waals surface area contributed by atoms with Gasteiger partial charge in [-0.05, 0) is 177 Å². The van der Waals surface area contributed by atoms with E-state index in [4.69, 9.17) is 49.4 Å². The van der Waals surface area contributed by atoms with Gasteiger partial charge in [-0.25, -0.2) is 0 Å². The molecule has 65 heavy (non-hydrogen) atoms. The van der Waals surface area contributed by atoms with E-state index in [1.807, 2.05) is 55.4 Å². The van der Waals surface area contributed by atoms with Gasteiger partial charge in [-0.15, -0.1) is 0 Å². The molecular formula is C52H69B3ClKO8. The van der Waals surface area contributed by atoms with Gasteiger partial charge in [-0.3, -0.25) is 0 Å². The maximum absolute atomic E-state index is 8.89. The van der Waals surface area contributed by atoms with Crippen molar-refractivity contribution in [3.8, 4) is 22.3 Å². The van der Waals surface area contributed by atoms with E-state index in [9.17, 15) is 0 Å². The summed E-state index contributed by atoms with van der Waals surface area (Å²) in [5.41, 5.74) is 12.7. The number of carbonyl (C=O) groups excluding carboxylic acids is 1. The Hall–Kier alpha value is -1.77. The number of carboxylic acid groups (broad SMARTS) is 1. The van der Waals surface area contributed by atoms with Crippen molar-refractivity contribution in [3.05, 3.63) is 111 Å². The number of benzene rings is 4. The standard InChI is InChI=1S/C22H27BO2.C16H15Cl.C12H24B2O4.C2H4O2.K/c1-14-12-15(23-24-21(4,5)22(6,7)25-23)13-18-19(14)16-10-8-9-11-17(16)20(18,2)3;1-10-8-11(17)9-14-15(10)12-6-4-5-7-13(12)16(14,2)3;1-9(2)10(3,4)16-13(15-9)14-17-11(5,6)12(7,8)18-14;1-2(3)4;/h8-13H,1-7H3;4-9H,1-3H3;1-8H3;1H3,(H,3,4);/q;;;;+1/p-1. The molecule has 2 aliphatic carbocycles. The summed E-state index contributed by atoms with van der Waals surface area (Å²) in [5, 5.41) is 9.72. The Morgan fingerprint density at radius 2 is 0.800 bits per heavy atom. The normalized spacial score (nSPS) is 21.8. The number of aryl methyl sites for hydroxylation is 2. The van der Waals surface area contributed by atoms with E-state index < -0.39 is 20.0 Å². The van der Waals surface area contributed by atoms with Crippen LogP contribution in [0.15, 0.2) is 72.8 Å². The van der Waals surface area contributed by atoms with Gasteiger partial charge in [0.15, 0.2) is 0 Å². The summed E-state index contributed by atoms with van der Waals surface area (Å²) in [6.45, 7) is 39.1. The van der Waals surface area contributed by atoms with Crippen LogP contribution in [0.3, 0.4) is 0 Å². The van der Waals surface area contributed by atoms with Gasteiger partial charge in [0.1, 0.15) is 0 Å². The van der Waals surface area contributed by atoms with E-state index in [1.165, 1.54) is 55.6 Å². The van der Waals surface area contributed by atoms with Gasteiger partial charge in [0.05, 0.1) is 33.6 Å². The molecule has 0 aromatic heterocycles. The number of hydrogen-bond donors (Lipinski definition) is 0. The largest absolute Gasteiger partial charge is 1.00 e. The van der Waals surface area contributed by atoms with Crippen molar-refractivity contribution in [2.45, 2.75) is 176 Å². The molecule has 0 radical (unpaired) electrons. The Labute approximate surface area is 438 Å². The minimum absolute atomic E-state index is 0. The molecule has 0 unspecified atom stereocenters. The van der Waals surface area contributed by atoms with Crippen LogP contribution in [0.2, 0.25) is 5.02 Å². The second-order valence-electron chi connectivity index (χ2n) is 22.1. The monoisotopic (exact) mass is 928 g/mol. The molecule has 0 N–H and O–H groups in total. The molecule has 4 aromatic rings. The van der Waals surface area contributed by atoms with Crippen molar-refractivity contribution in [3.63, 3.8) is 0 Å². The SMILES string of the molecule is CC(=O)[O-].CC1(C)OB(B2OC(C)(C)C(C)(C)O2)OC1(C)C.Cc1cc(B2OC(C)(C)C(C)(C)O2)cc2c1-c1ccccc1C2(C)C.Cc1cc(Cl)cc2c1-c1ccccc1C2(C)C.[K+]. The number of rotatable bonds is 2. The van der Waals surface area contributed by atoms with Gasteiger partial charge >= 0.3 is 72.5 Å². The Kier molecular flexibility index (Phi) is 15.4. The van der Waals surface area contributed by atoms with Crippen molar-refractivity contribution in [1.29, 1.82) is 0 Å². The zero-order valence-electron chi connectivity index (χ0n) is 42.8. The molecule has 3 aliphatic heterocycles. The molecule has 0 saturated carbocycles. The second-order valence-corrected chi connectivity index (χ2v) is 22.5. The number of halogens is 1. The van der Waals surface area contributed by atoms with E-state index in [2.05, 4.69) is 142 Å². The van der Waals surface area contributed by atoms with Crippen molar-refractivity contribution in [2.24, 2.45) is 0 Å². The minimum atomic E-state index is -1.08. The average Bonchev–Trinajstić information content (AvgIpc) is 3.79. The molecular weight excluding hydrogens is 860 g/mol. The molecule has 5 aliphatic rings. The second kappa shape index (κ2) is 18.5. The summed E-state index contributed by atoms with van der Waals surface area (Å²) < 4.78 is 36.4. The number of carbonyl (C=O) groups is 1. The van der Waals surface area contributed by atoms with Crippen LogP contribution >= 0.6 is 11.6 Å². The van der Waals surface area contributed by atoms with Gasteiger partial charge in [-0.1, -0.05) is 100.0 Å². The maximum Gasteiger partial charge on any atom is 1.00 e. The van der Waals surface area contributed by atoms with Crippen LogP contribution in [-0.2, 0) is 43.6 Å². The zero-order chi connectivity index (χ0) is 48.0. The summed E-state index contributed by atoms with van der Waals surface area (Å²) in [6.07, 6.45) is 0. The van der Waals surface area contributed by atoms with Crippen LogP contribution < -0.4 is 62.0 Å². The third kappa shape index (κ3) is 10.1. The smallest absolute Gasteiger partial charge is 0.550 e. The molecule has 3 heterocycles. The molecule has 9 rings (SSSR count). The van der Waals surface area contributed by atoms with Crippen LogP contribution in [0, 0.1) is 13.8 Å². The quantitative estimate of drug-likeness (QED) is 0.190. The van der Waals surface area contributed by atoms with Crippen molar-refractivity contribution < 1.29 is 89.2 Å². The van der Waals surface area contributed by atoms with Gasteiger partial charge < -0.3 is 37.8 Å². The average molecular weight is 929 g/mol. The third-order valence-corrected chi connectivity index (χ3v) is 15.3. The molecule has 0 bridgehead atoms. The Bertz CT molecular complexity index is 2360. The molecule has 3 saturated heterocycles. The molecule has 4 aromatic carbocycles. The summed E-state index contributed by atoms with van der Waals surface area (Å²) in [7, 11) is -1.26. The Balaban J connectivity index is 0.000000178. The third-order valence-electron chi connectivity index (χ3n) is 15.0. The van der Waals surface area contributed by atoms with Crippen molar-refractivity contribution >= 4 is 44.2 Å². The number of fused-ring (bicyclic) bond motifs is 6. The molecule has 0 spiro atoms. The first-order chi connectivity index (χ1) is 29.2. The van der Waals surface area contributed by atoms with Gasteiger partial charge in [0.25, 0.3) is 0 Å². The van der Waals surface area contributed by atoms with Crippen LogP contribution in [0.4, 0.5) is 0 Å². The summed E-state index contributed by atoms with van der Waals surface area (Å²) in [5.74, 6) is -1.08. The summed E-state index contributed by atoms with van der Waals surface area (Å²) in [6, 6.07) is 26.1. The molecule has 0 atom stereocenters. The predicted molar refractivity (Wildman–Crippen MR) is 261 cm³/mol. The van der Waals surface area contributed by atoms with E-state index in [0.29, 0.717) is 0 Å². The van der Waals surface area contributed by atoms with Crippen LogP contribution in [-0.4, -0.2) is 60.7 Å². The molecule has 342 valence electrons. The molecule has 8 nitrogen and oxygen atoms in total. The van der Waals surface area contributed by atoms with E-state index in [0.717, 1.165) is 17.4 Å².